The van der Waals surface area contributed by atoms with Gasteiger partial charge in [0.15, 0.2) is 0 Å². The molecule has 1 aromatic carbocycles. The number of likely N-dealkylation sites (N-methyl/N-ethyl adjacent to an activating group) is 1. The number of carbonyl (C=O) groups is 1. The first-order valence-corrected chi connectivity index (χ1v) is 7.54. The number of hydrogen-bond acceptors (Lipinski definition) is 2. The van der Waals surface area contributed by atoms with Gasteiger partial charge in [-0.25, -0.2) is 4.79 Å². The molecular weight excluding hydrogens is 355 g/mol. The molecule has 1 aromatic rings. The zero-order chi connectivity index (χ0) is 13.9. The monoisotopic (exact) mass is 374 g/mol. The quantitative estimate of drug-likeness (QED) is 0.800. The molecule has 19 heavy (non-hydrogen) atoms. The summed E-state index contributed by atoms with van der Waals surface area (Å²) >= 11 is 2.30. The number of nitrogens with one attached hydrogen (secondary N) is 1. The van der Waals surface area contributed by atoms with Gasteiger partial charge in [-0.3, -0.25) is 0 Å². The molecule has 104 valence electrons. The Balaban J connectivity index is 2.20. The topological polar surface area (TPSA) is 52.6 Å². The van der Waals surface area contributed by atoms with Crippen LogP contribution in [0.15, 0.2) is 24.3 Å². The van der Waals surface area contributed by atoms with Crippen molar-refractivity contribution in [1.82, 2.24) is 10.2 Å². The van der Waals surface area contributed by atoms with Crippen LogP contribution in [-0.4, -0.2) is 42.8 Å². The fourth-order valence-electron chi connectivity index (χ4n) is 2.84. The lowest BCUT2D eigenvalue weighted by molar-refractivity contribution is 0.116. The highest BCUT2D eigenvalue weighted by Gasteiger charge is 2.36. The van der Waals surface area contributed by atoms with E-state index in [1.807, 2.05) is 7.05 Å². The van der Waals surface area contributed by atoms with E-state index >= 15 is 0 Å². The summed E-state index contributed by atoms with van der Waals surface area (Å²) in [5.74, 6) is 0. The first-order valence-electron chi connectivity index (χ1n) is 6.46. The lowest BCUT2D eigenvalue weighted by Gasteiger charge is -2.41. The standard InChI is InChI=1S/C14H19IN2O2/c1-16-10-14(11-2-4-12(15)5-3-11)6-8-17(9-7-14)13(18)19/h2-5,16H,6-10H2,1H3,(H,18,19). The van der Waals surface area contributed by atoms with E-state index in [9.17, 15) is 4.79 Å². The highest BCUT2D eigenvalue weighted by molar-refractivity contribution is 14.1. The van der Waals surface area contributed by atoms with Gasteiger partial charge in [0.1, 0.15) is 0 Å². The Kier molecular flexibility index (Phi) is 4.67. The average Bonchev–Trinajstić information content (AvgIpc) is 2.40. The molecule has 1 amide bonds. The number of nitrogens with zero attached hydrogens (tertiary/aromatic N) is 1. The number of rotatable bonds is 3. The molecule has 1 fully saturated rings. The molecule has 5 heteroatoms. The first-order chi connectivity index (χ1) is 9.07. The van der Waals surface area contributed by atoms with Crippen LogP contribution in [0.1, 0.15) is 18.4 Å². The van der Waals surface area contributed by atoms with E-state index in [2.05, 4.69) is 52.2 Å². The van der Waals surface area contributed by atoms with Gasteiger partial charge in [0.25, 0.3) is 0 Å². The second-order valence-corrected chi connectivity index (χ2v) is 6.33. The molecule has 2 rings (SSSR count). The van der Waals surface area contributed by atoms with E-state index in [1.165, 1.54) is 14.0 Å². The zero-order valence-corrected chi connectivity index (χ0v) is 13.2. The van der Waals surface area contributed by atoms with Gasteiger partial charge in [0.2, 0.25) is 0 Å². The summed E-state index contributed by atoms with van der Waals surface area (Å²) in [5, 5.41) is 12.3. The van der Waals surface area contributed by atoms with Gasteiger partial charge in [-0.05, 0) is 60.2 Å². The first kappa shape index (κ1) is 14.6. The SMILES string of the molecule is CNCC1(c2ccc(I)cc2)CCN(C(=O)O)CC1. The molecule has 2 N–H and O–H groups in total. The smallest absolute Gasteiger partial charge is 0.407 e. The Morgan fingerprint density at radius 1 is 1.37 bits per heavy atom. The maximum absolute atomic E-state index is 11.0. The Morgan fingerprint density at radius 3 is 2.42 bits per heavy atom. The van der Waals surface area contributed by atoms with Crippen molar-refractivity contribution in [2.75, 3.05) is 26.7 Å². The van der Waals surface area contributed by atoms with Gasteiger partial charge >= 0.3 is 6.09 Å². The molecule has 1 aliphatic heterocycles. The van der Waals surface area contributed by atoms with Crippen molar-refractivity contribution < 1.29 is 9.90 Å². The summed E-state index contributed by atoms with van der Waals surface area (Å²) in [6.07, 6.45) is 0.947. The third-order valence-corrected chi connectivity index (χ3v) is 4.68. The van der Waals surface area contributed by atoms with Crippen LogP contribution in [0.4, 0.5) is 4.79 Å². The molecule has 1 heterocycles. The van der Waals surface area contributed by atoms with E-state index in [1.54, 1.807) is 0 Å². The van der Waals surface area contributed by atoms with Gasteiger partial charge in [-0.15, -0.1) is 0 Å². The Bertz CT molecular complexity index is 439. The van der Waals surface area contributed by atoms with Crippen LogP contribution in [-0.2, 0) is 5.41 Å². The van der Waals surface area contributed by atoms with Gasteiger partial charge in [0, 0.05) is 28.6 Å². The molecule has 4 nitrogen and oxygen atoms in total. The Labute approximate surface area is 127 Å². The molecule has 0 unspecified atom stereocenters. The van der Waals surface area contributed by atoms with Crippen molar-refractivity contribution in [3.63, 3.8) is 0 Å². The van der Waals surface area contributed by atoms with Crippen molar-refractivity contribution in [1.29, 1.82) is 0 Å². The lowest BCUT2D eigenvalue weighted by Crippen LogP contribution is -2.48. The molecule has 0 spiro atoms. The minimum absolute atomic E-state index is 0.0606. The van der Waals surface area contributed by atoms with E-state index < -0.39 is 6.09 Å². The van der Waals surface area contributed by atoms with Crippen molar-refractivity contribution in [3.05, 3.63) is 33.4 Å². The molecular formula is C14H19IN2O2. The zero-order valence-electron chi connectivity index (χ0n) is 11.0. The third-order valence-electron chi connectivity index (χ3n) is 3.96. The van der Waals surface area contributed by atoms with E-state index in [0.717, 1.165) is 19.4 Å². The largest absolute Gasteiger partial charge is 0.465 e. The predicted molar refractivity (Wildman–Crippen MR) is 83.6 cm³/mol. The number of amides is 1. The van der Waals surface area contributed by atoms with Gasteiger partial charge in [-0.1, -0.05) is 12.1 Å². The summed E-state index contributed by atoms with van der Waals surface area (Å²) in [5.41, 5.74) is 1.37. The number of carboxylic acid groups (broad SMARTS) is 1. The van der Waals surface area contributed by atoms with E-state index in [-0.39, 0.29) is 5.41 Å². The van der Waals surface area contributed by atoms with Crippen LogP contribution < -0.4 is 5.32 Å². The molecule has 0 atom stereocenters. The van der Waals surface area contributed by atoms with E-state index in [0.29, 0.717) is 13.1 Å². The Hall–Kier alpha value is -0.820. The number of likely N-dealkylation sites (tertiary alicyclic amines) is 1. The van der Waals surface area contributed by atoms with Crippen molar-refractivity contribution in [3.8, 4) is 0 Å². The summed E-state index contributed by atoms with van der Waals surface area (Å²) in [7, 11) is 1.96. The minimum atomic E-state index is -0.805. The second-order valence-electron chi connectivity index (χ2n) is 5.09. The second kappa shape index (κ2) is 6.09. The highest BCUT2D eigenvalue weighted by atomic mass is 127. The fraction of sp³-hybridized carbons (Fsp3) is 0.500. The summed E-state index contributed by atoms with van der Waals surface area (Å²) in [6, 6.07) is 8.60. The van der Waals surface area contributed by atoms with Gasteiger partial charge in [-0.2, -0.15) is 0 Å². The number of hydrogen-bond donors (Lipinski definition) is 2. The van der Waals surface area contributed by atoms with Crippen LogP contribution in [0.5, 0.6) is 0 Å². The third kappa shape index (κ3) is 3.20. The summed E-state index contributed by atoms with van der Waals surface area (Å²) in [6.45, 7) is 2.12. The average molecular weight is 374 g/mol. The highest BCUT2D eigenvalue weighted by Crippen LogP contribution is 2.35. The summed E-state index contributed by atoms with van der Waals surface area (Å²) < 4.78 is 1.23. The fourth-order valence-corrected chi connectivity index (χ4v) is 3.19. The Morgan fingerprint density at radius 2 is 1.95 bits per heavy atom. The van der Waals surface area contributed by atoms with Gasteiger partial charge in [0.05, 0.1) is 0 Å². The lowest BCUT2D eigenvalue weighted by atomic mass is 9.72. The molecule has 1 saturated heterocycles. The molecule has 0 bridgehead atoms. The molecule has 1 aliphatic rings. The van der Waals surface area contributed by atoms with Crippen LogP contribution in [0.25, 0.3) is 0 Å². The molecule has 0 radical (unpaired) electrons. The van der Waals surface area contributed by atoms with E-state index in [4.69, 9.17) is 5.11 Å². The maximum Gasteiger partial charge on any atom is 0.407 e. The van der Waals surface area contributed by atoms with Crippen molar-refractivity contribution >= 4 is 28.7 Å². The predicted octanol–water partition coefficient (Wildman–Crippen LogP) is 2.52. The molecule has 0 saturated carbocycles. The maximum atomic E-state index is 11.0. The van der Waals surface area contributed by atoms with Gasteiger partial charge < -0.3 is 15.3 Å². The minimum Gasteiger partial charge on any atom is -0.465 e. The van der Waals surface area contributed by atoms with Crippen molar-refractivity contribution in [2.24, 2.45) is 0 Å². The number of benzene rings is 1. The van der Waals surface area contributed by atoms with Crippen LogP contribution in [0, 0.1) is 3.57 Å². The summed E-state index contributed by atoms with van der Waals surface area (Å²) in [4.78, 5) is 12.5. The van der Waals surface area contributed by atoms with Crippen molar-refractivity contribution in [2.45, 2.75) is 18.3 Å². The number of halogens is 1. The molecule has 0 aromatic heterocycles. The van der Waals surface area contributed by atoms with Crippen LogP contribution in [0.3, 0.4) is 0 Å². The molecule has 0 aliphatic carbocycles. The normalized spacial score (nSPS) is 18.3. The van der Waals surface area contributed by atoms with Crippen LogP contribution >= 0.6 is 22.6 Å². The number of piperidine rings is 1. The van der Waals surface area contributed by atoms with Crippen LogP contribution in [0.2, 0.25) is 0 Å².